The molecule has 0 aromatic rings. The third-order valence-corrected chi connectivity index (χ3v) is 10.8. The van der Waals surface area contributed by atoms with E-state index in [4.69, 9.17) is 9.84 Å². The maximum atomic E-state index is 12.8. The van der Waals surface area contributed by atoms with Gasteiger partial charge in [0.05, 0.1) is 0 Å². The van der Waals surface area contributed by atoms with Crippen molar-refractivity contribution >= 4 is 17.8 Å². The molecule has 0 aromatic heterocycles. The zero-order chi connectivity index (χ0) is 38.0. The van der Waals surface area contributed by atoms with Crippen molar-refractivity contribution in [3.8, 4) is 0 Å². The number of nitrogens with one attached hydrogen (secondary N) is 1. The maximum Gasteiger partial charge on any atom is 0.322 e. The maximum absolute atomic E-state index is 12.8. The number of hydrogen-bond acceptors (Lipinski definition) is 4. The number of amides is 1. The summed E-state index contributed by atoms with van der Waals surface area (Å²) in [6, 6.07) is 0. The summed E-state index contributed by atoms with van der Waals surface area (Å²) in [4.78, 5) is 35.1. The highest BCUT2D eigenvalue weighted by atomic mass is 16.5. The van der Waals surface area contributed by atoms with Crippen molar-refractivity contribution in [3.05, 3.63) is 0 Å². The first-order valence-corrected chi connectivity index (χ1v) is 23.2. The smallest absolute Gasteiger partial charge is 0.322 e. The van der Waals surface area contributed by atoms with E-state index in [1.54, 1.807) is 0 Å². The Balaban J connectivity index is 4.08. The van der Waals surface area contributed by atoms with Crippen LogP contribution in [0.2, 0.25) is 0 Å². The fraction of sp³-hybridized carbons (Fsp3) is 0.935. The Labute approximate surface area is 323 Å². The van der Waals surface area contributed by atoms with E-state index in [0.29, 0.717) is 12.8 Å². The predicted octanol–water partition coefficient (Wildman–Crippen LogP) is 14.4. The third-order valence-electron chi connectivity index (χ3n) is 10.8. The summed E-state index contributed by atoms with van der Waals surface area (Å²) in [7, 11) is 0. The molecule has 0 fully saturated rings. The van der Waals surface area contributed by atoms with E-state index in [2.05, 4.69) is 19.2 Å². The molecule has 0 aliphatic rings. The zero-order valence-electron chi connectivity index (χ0n) is 34.9. The molecule has 0 spiro atoms. The van der Waals surface area contributed by atoms with Gasteiger partial charge in [0.25, 0.3) is 0 Å². The van der Waals surface area contributed by atoms with Crippen LogP contribution in [0, 0.1) is 0 Å². The molecule has 6 nitrogen and oxygen atoms in total. The summed E-state index contributed by atoms with van der Waals surface area (Å²) in [5.74, 6) is -1.21. The number of unbranched alkanes of at least 4 members (excludes halogenated alkanes) is 32. The third kappa shape index (κ3) is 41.2. The molecule has 2 N–H and O–H groups in total. The van der Waals surface area contributed by atoms with Crippen LogP contribution in [0.1, 0.15) is 264 Å². The Morgan fingerprint density at radius 3 is 1.04 bits per heavy atom. The number of ether oxygens (including phenoxy) is 1. The first-order chi connectivity index (χ1) is 25.5. The van der Waals surface area contributed by atoms with E-state index in [9.17, 15) is 14.4 Å². The molecule has 308 valence electrons. The number of carbonyl (C=O) groups is 3. The lowest BCUT2D eigenvalue weighted by Gasteiger charge is -2.18. The second-order valence-electron chi connectivity index (χ2n) is 16.0. The van der Waals surface area contributed by atoms with E-state index in [1.807, 2.05) is 0 Å². The minimum Gasteiger partial charge on any atom is -0.480 e. The van der Waals surface area contributed by atoms with Crippen LogP contribution in [0.5, 0.6) is 0 Å². The summed E-state index contributed by atoms with van der Waals surface area (Å²) < 4.78 is 6.05. The van der Waals surface area contributed by atoms with Gasteiger partial charge in [-0.1, -0.05) is 213 Å². The van der Waals surface area contributed by atoms with Crippen molar-refractivity contribution in [1.29, 1.82) is 0 Å². The van der Waals surface area contributed by atoms with E-state index in [-0.39, 0.29) is 24.5 Å². The molecule has 1 amide bonds. The summed E-state index contributed by atoms with van der Waals surface area (Å²) >= 11 is 0. The predicted molar refractivity (Wildman–Crippen MR) is 222 cm³/mol. The van der Waals surface area contributed by atoms with Gasteiger partial charge in [-0.15, -0.1) is 0 Å². The van der Waals surface area contributed by atoms with Gasteiger partial charge < -0.3 is 15.2 Å². The minimum atomic E-state index is -1.01. The average Bonchev–Trinajstić information content (AvgIpc) is 3.13. The Kier molecular flexibility index (Phi) is 40.9. The van der Waals surface area contributed by atoms with Crippen molar-refractivity contribution < 1.29 is 24.2 Å². The highest BCUT2D eigenvalue weighted by Crippen LogP contribution is 2.20. The van der Waals surface area contributed by atoms with Crippen molar-refractivity contribution in [3.63, 3.8) is 0 Å². The van der Waals surface area contributed by atoms with Crippen LogP contribution in [0.15, 0.2) is 0 Å². The molecule has 0 aliphatic heterocycles. The van der Waals surface area contributed by atoms with E-state index >= 15 is 0 Å². The Hall–Kier alpha value is -1.59. The van der Waals surface area contributed by atoms with Crippen LogP contribution in [0.4, 0.5) is 0 Å². The van der Waals surface area contributed by atoms with Crippen molar-refractivity contribution in [2.45, 2.75) is 270 Å². The SMILES string of the molecule is CCCCCCCCCCCCCCCCCCCC(=O)OC(CCCCCCCCCCCCCCC)CCCCCCCC(=O)NCC(=O)O. The quantitative estimate of drug-likeness (QED) is 0.0480. The lowest BCUT2D eigenvalue weighted by Crippen LogP contribution is -2.28. The van der Waals surface area contributed by atoms with Gasteiger partial charge in [0.1, 0.15) is 12.6 Å². The molecule has 1 unspecified atom stereocenters. The molecule has 0 radical (unpaired) electrons. The van der Waals surface area contributed by atoms with Crippen molar-refractivity contribution in [2.75, 3.05) is 6.54 Å². The highest BCUT2D eigenvalue weighted by molar-refractivity contribution is 5.80. The summed E-state index contributed by atoms with van der Waals surface area (Å²) in [5.41, 5.74) is 0. The largest absolute Gasteiger partial charge is 0.480 e. The molecule has 1 atom stereocenters. The van der Waals surface area contributed by atoms with E-state index in [1.165, 1.54) is 173 Å². The molecule has 0 aliphatic carbocycles. The lowest BCUT2D eigenvalue weighted by molar-refractivity contribution is -0.150. The lowest BCUT2D eigenvalue weighted by atomic mass is 10.0. The first-order valence-electron chi connectivity index (χ1n) is 23.2. The average molecular weight is 736 g/mol. The topological polar surface area (TPSA) is 92.7 Å². The van der Waals surface area contributed by atoms with Gasteiger partial charge in [0, 0.05) is 12.8 Å². The number of aliphatic carboxylic acids is 1. The molecule has 0 aromatic carbocycles. The monoisotopic (exact) mass is 736 g/mol. The number of carbonyl (C=O) groups excluding carboxylic acids is 2. The second-order valence-corrected chi connectivity index (χ2v) is 16.0. The number of rotatable bonds is 43. The van der Waals surface area contributed by atoms with Gasteiger partial charge >= 0.3 is 11.9 Å². The van der Waals surface area contributed by atoms with Crippen molar-refractivity contribution in [2.24, 2.45) is 0 Å². The normalized spacial score (nSPS) is 11.9. The zero-order valence-corrected chi connectivity index (χ0v) is 34.9. The molecule has 6 heteroatoms. The second kappa shape index (κ2) is 42.2. The molecule has 0 bridgehead atoms. The van der Waals surface area contributed by atoms with Crippen molar-refractivity contribution in [1.82, 2.24) is 5.32 Å². The molecule has 0 saturated heterocycles. The van der Waals surface area contributed by atoms with Gasteiger partial charge in [0.15, 0.2) is 0 Å². The van der Waals surface area contributed by atoms with Crippen LogP contribution in [0.25, 0.3) is 0 Å². The minimum absolute atomic E-state index is 0.00646. The summed E-state index contributed by atoms with van der Waals surface area (Å²) in [6.45, 7) is 4.26. The Bertz CT molecular complexity index is 772. The van der Waals surface area contributed by atoms with Gasteiger partial charge in [-0.2, -0.15) is 0 Å². The number of hydrogen-bond donors (Lipinski definition) is 2. The molecular weight excluding hydrogens is 647 g/mol. The standard InChI is InChI=1S/C46H89NO5/c1-3-5-7-9-11-13-15-17-18-19-20-22-24-26-28-33-37-41-46(51)52-43(39-35-31-29-32-36-40-44(48)47-42-45(49)50)38-34-30-27-25-23-21-16-14-12-10-8-6-4-2/h43H,3-42H2,1-2H3,(H,47,48)(H,49,50). The molecule has 0 heterocycles. The van der Waals surface area contributed by atoms with Crippen LogP contribution < -0.4 is 5.32 Å². The highest BCUT2D eigenvalue weighted by Gasteiger charge is 2.14. The van der Waals surface area contributed by atoms with Gasteiger partial charge in [-0.25, -0.2) is 0 Å². The molecule has 52 heavy (non-hydrogen) atoms. The van der Waals surface area contributed by atoms with Gasteiger partial charge in [0.2, 0.25) is 5.91 Å². The fourth-order valence-electron chi connectivity index (χ4n) is 7.34. The number of carboxylic acids is 1. The Morgan fingerprint density at radius 2 is 0.712 bits per heavy atom. The van der Waals surface area contributed by atoms with Gasteiger partial charge in [-0.05, 0) is 38.5 Å². The van der Waals surface area contributed by atoms with Crippen LogP contribution in [-0.2, 0) is 19.1 Å². The van der Waals surface area contributed by atoms with Crippen LogP contribution >= 0.6 is 0 Å². The van der Waals surface area contributed by atoms with E-state index < -0.39 is 5.97 Å². The number of esters is 1. The Morgan fingerprint density at radius 1 is 0.423 bits per heavy atom. The summed E-state index contributed by atoms with van der Waals surface area (Å²) in [5, 5.41) is 11.1. The molecule has 0 rings (SSSR count). The fourth-order valence-corrected chi connectivity index (χ4v) is 7.34. The first kappa shape index (κ1) is 50.4. The van der Waals surface area contributed by atoms with Crippen LogP contribution in [0.3, 0.4) is 0 Å². The van der Waals surface area contributed by atoms with Gasteiger partial charge in [-0.3, -0.25) is 14.4 Å². The molecule has 0 saturated carbocycles. The van der Waals surface area contributed by atoms with Crippen LogP contribution in [-0.4, -0.2) is 35.6 Å². The van der Waals surface area contributed by atoms with E-state index in [0.717, 1.165) is 64.2 Å². The molecular formula is C46H89NO5. The number of carboxylic acid groups (broad SMARTS) is 1. The summed E-state index contributed by atoms with van der Waals surface area (Å²) in [6.07, 6.45) is 48.0.